The van der Waals surface area contributed by atoms with Gasteiger partial charge in [0.1, 0.15) is 0 Å². The Kier molecular flexibility index (Phi) is 9.74. The standard InChI is InChI=1S/C10H19.BrH.Mg/c1-2-3-7-10-8-5-4-6-9-10;;/h10H,1-9H2;1H;/q;;+1/p-1. The molecule has 1 fully saturated rings. The molecule has 68 valence electrons. The molecular formula is C10H19BrMg. The fourth-order valence-corrected chi connectivity index (χ4v) is 2.44. The van der Waals surface area contributed by atoms with Crippen LogP contribution in [-0.2, 0) is 0 Å². The maximum absolute atomic E-state index is 2.12. The summed E-state index contributed by atoms with van der Waals surface area (Å²) < 4.78 is 1.41. The molecule has 0 atom stereocenters. The zero-order valence-electron chi connectivity index (χ0n) is 8.03. The summed E-state index contributed by atoms with van der Waals surface area (Å²) in [5.74, 6) is 1.11. The van der Waals surface area contributed by atoms with E-state index >= 15 is 0 Å². The van der Waals surface area contributed by atoms with Crippen molar-refractivity contribution in [2.75, 3.05) is 0 Å². The van der Waals surface area contributed by atoms with Crippen molar-refractivity contribution in [2.45, 2.75) is 55.9 Å². The van der Waals surface area contributed by atoms with Crippen LogP contribution < -0.4 is 17.0 Å². The van der Waals surface area contributed by atoms with Crippen LogP contribution in [0.1, 0.15) is 51.4 Å². The first-order valence-electron chi connectivity index (χ1n) is 5.22. The quantitative estimate of drug-likeness (QED) is 0.493. The molecular weight excluding hydrogens is 224 g/mol. The molecule has 0 amide bonds. The molecule has 0 N–H and O–H groups in total. The summed E-state index contributed by atoms with van der Waals surface area (Å²) in [4.78, 5) is 0. The van der Waals surface area contributed by atoms with E-state index in [1.165, 1.54) is 55.9 Å². The molecule has 0 aromatic carbocycles. The number of hydrogen-bond acceptors (Lipinski definition) is 0. The molecule has 1 rings (SSSR count). The van der Waals surface area contributed by atoms with Crippen LogP contribution in [0.3, 0.4) is 0 Å². The Hall–Kier alpha value is 1.25. The molecule has 0 spiro atoms. The van der Waals surface area contributed by atoms with Gasteiger partial charge in [-0.2, -0.15) is 0 Å². The van der Waals surface area contributed by atoms with E-state index in [0.29, 0.717) is 0 Å². The third-order valence-electron chi connectivity index (χ3n) is 2.84. The zero-order chi connectivity index (χ0) is 7.94. The normalized spacial score (nSPS) is 18.8. The van der Waals surface area contributed by atoms with Gasteiger partial charge in [-0.1, -0.05) is 0 Å². The van der Waals surface area contributed by atoms with Crippen molar-refractivity contribution in [1.82, 2.24) is 0 Å². The van der Waals surface area contributed by atoms with Crippen LogP contribution in [0.2, 0.25) is 4.55 Å². The van der Waals surface area contributed by atoms with E-state index in [1.54, 1.807) is 0 Å². The Balaban J connectivity index is 0.00000121. The van der Waals surface area contributed by atoms with Gasteiger partial charge in [-0.3, -0.25) is 0 Å². The molecule has 1 saturated carbocycles. The van der Waals surface area contributed by atoms with Crippen LogP contribution >= 0.6 is 0 Å². The second kappa shape index (κ2) is 8.83. The van der Waals surface area contributed by atoms with Crippen LogP contribution in [-0.4, -0.2) is 21.7 Å². The van der Waals surface area contributed by atoms with E-state index in [2.05, 4.69) is 21.7 Å². The first-order chi connectivity index (χ1) is 5.43. The van der Waals surface area contributed by atoms with Gasteiger partial charge < -0.3 is 17.0 Å². The van der Waals surface area contributed by atoms with Crippen LogP contribution in [0.15, 0.2) is 0 Å². The predicted molar refractivity (Wildman–Crippen MR) is 51.0 cm³/mol. The third kappa shape index (κ3) is 5.82. The fraction of sp³-hybridized carbons (Fsp3) is 1.00. The number of hydrogen-bond donors (Lipinski definition) is 0. The van der Waals surface area contributed by atoms with Crippen LogP contribution in [0, 0.1) is 5.92 Å². The molecule has 0 aliphatic heterocycles. The minimum absolute atomic E-state index is 0. The Morgan fingerprint density at radius 1 is 1.00 bits per heavy atom. The zero-order valence-corrected chi connectivity index (χ0v) is 11.0. The van der Waals surface area contributed by atoms with Gasteiger partial charge in [0.15, 0.2) is 0 Å². The van der Waals surface area contributed by atoms with E-state index in [4.69, 9.17) is 0 Å². The SMILES string of the molecule is [Br-].[Mg+][CH2]CCCC1CCCCC1. The van der Waals surface area contributed by atoms with Crippen LogP contribution in [0.25, 0.3) is 0 Å². The molecule has 1 aliphatic rings. The van der Waals surface area contributed by atoms with Crippen molar-refractivity contribution in [3.63, 3.8) is 0 Å². The second-order valence-corrected chi connectivity index (χ2v) is 4.56. The molecule has 0 radical (unpaired) electrons. The fourth-order valence-electron chi connectivity index (χ4n) is 2.09. The Bertz CT molecular complexity index is 89.8. The number of unbranched alkanes of at least 4 members (excludes halogenated alkanes) is 1. The van der Waals surface area contributed by atoms with Gasteiger partial charge in [0.25, 0.3) is 0 Å². The molecule has 1 aliphatic carbocycles. The van der Waals surface area contributed by atoms with E-state index in [1.807, 2.05) is 0 Å². The van der Waals surface area contributed by atoms with Crippen molar-refractivity contribution < 1.29 is 17.0 Å². The first kappa shape index (κ1) is 13.2. The molecule has 12 heavy (non-hydrogen) atoms. The number of rotatable bonds is 4. The summed E-state index contributed by atoms with van der Waals surface area (Å²) >= 11 is 2.12. The maximum atomic E-state index is 2.12. The Labute approximate surface area is 100 Å². The molecule has 0 aromatic heterocycles. The van der Waals surface area contributed by atoms with Gasteiger partial charge in [0.2, 0.25) is 0 Å². The molecule has 0 saturated heterocycles. The van der Waals surface area contributed by atoms with E-state index in [-0.39, 0.29) is 17.0 Å². The molecule has 2 heteroatoms. The van der Waals surface area contributed by atoms with E-state index in [0.717, 1.165) is 5.92 Å². The minimum atomic E-state index is 0. The van der Waals surface area contributed by atoms with Gasteiger partial charge in [-0.05, 0) is 0 Å². The topological polar surface area (TPSA) is 0 Å². The average molecular weight is 243 g/mol. The molecule has 0 nitrogen and oxygen atoms in total. The van der Waals surface area contributed by atoms with Crippen LogP contribution in [0.5, 0.6) is 0 Å². The summed E-state index contributed by atoms with van der Waals surface area (Å²) in [5.41, 5.74) is 0. The monoisotopic (exact) mass is 242 g/mol. The van der Waals surface area contributed by atoms with E-state index in [9.17, 15) is 0 Å². The summed E-state index contributed by atoms with van der Waals surface area (Å²) in [5, 5.41) is 0. The summed E-state index contributed by atoms with van der Waals surface area (Å²) in [7, 11) is 0. The van der Waals surface area contributed by atoms with Crippen molar-refractivity contribution in [1.29, 1.82) is 0 Å². The third-order valence-corrected chi connectivity index (χ3v) is 3.34. The Morgan fingerprint density at radius 2 is 1.67 bits per heavy atom. The second-order valence-electron chi connectivity index (χ2n) is 3.85. The summed E-state index contributed by atoms with van der Waals surface area (Å²) in [6.07, 6.45) is 12.1. The van der Waals surface area contributed by atoms with Crippen molar-refractivity contribution in [3.8, 4) is 0 Å². The molecule has 0 aromatic rings. The average Bonchev–Trinajstić information content (AvgIpc) is 2.07. The van der Waals surface area contributed by atoms with E-state index < -0.39 is 0 Å². The first-order valence-corrected chi connectivity index (χ1v) is 6.22. The van der Waals surface area contributed by atoms with Crippen molar-refractivity contribution in [3.05, 3.63) is 0 Å². The van der Waals surface area contributed by atoms with Gasteiger partial charge in [0, 0.05) is 0 Å². The summed E-state index contributed by atoms with van der Waals surface area (Å²) in [6.45, 7) is 0. The van der Waals surface area contributed by atoms with Crippen molar-refractivity contribution >= 4 is 21.7 Å². The van der Waals surface area contributed by atoms with Gasteiger partial charge in [0.05, 0.1) is 0 Å². The summed E-state index contributed by atoms with van der Waals surface area (Å²) in [6, 6.07) is 0. The van der Waals surface area contributed by atoms with Crippen molar-refractivity contribution in [2.24, 2.45) is 5.92 Å². The Morgan fingerprint density at radius 3 is 2.25 bits per heavy atom. The van der Waals surface area contributed by atoms with Gasteiger partial charge in [-0.25, -0.2) is 0 Å². The molecule has 0 bridgehead atoms. The molecule has 0 unspecified atom stereocenters. The van der Waals surface area contributed by atoms with Gasteiger partial charge in [-0.15, -0.1) is 0 Å². The molecule has 0 heterocycles. The number of halogens is 1. The van der Waals surface area contributed by atoms with Gasteiger partial charge >= 0.3 is 83.5 Å². The van der Waals surface area contributed by atoms with Crippen LogP contribution in [0.4, 0.5) is 0 Å². The predicted octanol–water partition coefficient (Wildman–Crippen LogP) is 0.328.